The molecule has 2 aromatic heterocycles. The fraction of sp³-hybridized carbons (Fsp3) is 0.154. The molecule has 0 amide bonds. The summed E-state index contributed by atoms with van der Waals surface area (Å²) in [6.07, 6.45) is 2.04. The average molecular weight is 259 g/mol. The van der Waals surface area contributed by atoms with E-state index in [1.165, 1.54) is 5.69 Å². The zero-order valence-corrected chi connectivity index (χ0v) is 10.7. The number of hydrogen-bond donors (Lipinski definition) is 2. The number of rotatable bonds is 3. The Morgan fingerprint density at radius 3 is 2.89 bits per heavy atom. The third-order valence-corrected chi connectivity index (χ3v) is 3.65. The van der Waals surface area contributed by atoms with E-state index in [0.717, 1.165) is 16.3 Å². The number of aromatic nitrogens is 2. The lowest BCUT2D eigenvalue weighted by atomic mass is 10.3. The molecular formula is C13H13N3OS. The Balaban J connectivity index is 1.82. The van der Waals surface area contributed by atoms with E-state index >= 15 is 0 Å². The van der Waals surface area contributed by atoms with E-state index in [1.807, 2.05) is 30.6 Å². The molecule has 0 radical (unpaired) electrons. The Labute approximate surface area is 109 Å². The van der Waals surface area contributed by atoms with Gasteiger partial charge in [0.15, 0.2) is 4.96 Å². The molecule has 0 aliphatic heterocycles. The van der Waals surface area contributed by atoms with Crippen molar-refractivity contribution in [3.05, 3.63) is 47.2 Å². The van der Waals surface area contributed by atoms with Crippen LogP contribution in [0, 0.1) is 6.92 Å². The first-order chi connectivity index (χ1) is 8.74. The molecule has 0 saturated heterocycles. The van der Waals surface area contributed by atoms with Crippen molar-refractivity contribution in [3.8, 4) is 5.75 Å². The van der Waals surface area contributed by atoms with Gasteiger partial charge in [0.2, 0.25) is 0 Å². The standard InChI is InChI=1S/C13H13N3OS/c1-9-12(16-6-7-18-13(16)15-9)8-14-10-2-4-11(17)5-3-10/h2-7,14,17H,8H2,1H3. The monoisotopic (exact) mass is 259 g/mol. The topological polar surface area (TPSA) is 49.6 Å². The zero-order chi connectivity index (χ0) is 12.5. The Bertz CT molecular complexity index is 669. The van der Waals surface area contributed by atoms with Crippen LogP contribution in [0.1, 0.15) is 11.4 Å². The molecule has 4 nitrogen and oxygen atoms in total. The summed E-state index contributed by atoms with van der Waals surface area (Å²) in [5.74, 6) is 0.279. The van der Waals surface area contributed by atoms with Crippen LogP contribution in [0.4, 0.5) is 5.69 Å². The van der Waals surface area contributed by atoms with Crippen molar-refractivity contribution >= 4 is 22.0 Å². The first kappa shape index (κ1) is 11.1. The Kier molecular flexibility index (Phi) is 2.68. The highest BCUT2D eigenvalue weighted by Crippen LogP contribution is 2.19. The van der Waals surface area contributed by atoms with Gasteiger partial charge in [0.25, 0.3) is 0 Å². The van der Waals surface area contributed by atoms with Gasteiger partial charge in [-0.25, -0.2) is 4.98 Å². The van der Waals surface area contributed by atoms with Gasteiger partial charge in [-0.3, -0.25) is 4.40 Å². The minimum absolute atomic E-state index is 0.279. The van der Waals surface area contributed by atoms with E-state index in [-0.39, 0.29) is 5.75 Å². The van der Waals surface area contributed by atoms with Gasteiger partial charge >= 0.3 is 0 Å². The first-order valence-electron chi connectivity index (χ1n) is 5.68. The van der Waals surface area contributed by atoms with Gasteiger partial charge in [-0.2, -0.15) is 0 Å². The molecule has 0 spiro atoms. The molecule has 2 N–H and O–H groups in total. The molecule has 0 aliphatic rings. The summed E-state index contributed by atoms with van der Waals surface area (Å²) in [5.41, 5.74) is 3.20. The fourth-order valence-electron chi connectivity index (χ4n) is 1.92. The number of phenolic OH excluding ortho intramolecular Hbond substituents is 1. The normalized spacial score (nSPS) is 10.9. The fourth-order valence-corrected chi connectivity index (χ4v) is 2.70. The molecule has 0 bridgehead atoms. The predicted octanol–water partition coefficient (Wildman–Crippen LogP) is 3.02. The highest BCUT2D eigenvalue weighted by atomic mass is 32.1. The maximum atomic E-state index is 9.23. The number of aryl methyl sites for hydroxylation is 1. The van der Waals surface area contributed by atoms with Gasteiger partial charge < -0.3 is 10.4 Å². The molecule has 3 aromatic rings. The molecule has 1 aromatic carbocycles. The first-order valence-corrected chi connectivity index (χ1v) is 6.56. The number of phenols is 1. The van der Waals surface area contributed by atoms with Crippen molar-refractivity contribution in [1.29, 1.82) is 0 Å². The van der Waals surface area contributed by atoms with Crippen LogP contribution in [-0.2, 0) is 6.54 Å². The Hall–Kier alpha value is -2.01. The van der Waals surface area contributed by atoms with Gasteiger partial charge in [-0.05, 0) is 31.2 Å². The molecule has 0 unspecified atom stereocenters. The summed E-state index contributed by atoms with van der Waals surface area (Å²) in [7, 11) is 0. The lowest BCUT2D eigenvalue weighted by Crippen LogP contribution is -2.03. The van der Waals surface area contributed by atoms with Crippen LogP contribution in [0.15, 0.2) is 35.8 Å². The minimum Gasteiger partial charge on any atom is -0.508 e. The van der Waals surface area contributed by atoms with Crippen LogP contribution in [-0.4, -0.2) is 14.5 Å². The number of thiazole rings is 1. The molecule has 0 saturated carbocycles. The molecule has 18 heavy (non-hydrogen) atoms. The van der Waals surface area contributed by atoms with Gasteiger partial charge in [0.05, 0.1) is 17.9 Å². The molecule has 0 fully saturated rings. The van der Waals surface area contributed by atoms with Gasteiger partial charge in [-0.15, -0.1) is 11.3 Å². The summed E-state index contributed by atoms with van der Waals surface area (Å²) < 4.78 is 2.10. The number of aromatic hydroxyl groups is 1. The summed E-state index contributed by atoms with van der Waals surface area (Å²) in [6, 6.07) is 7.06. The zero-order valence-electron chi connectivity index (χ0n) is 9.92. The van der Waals surface area contributed by atoms with Crippen LogP contribution >= 0.6 is 11.3 Å². The molecule has 2 heterocycles. The third-order valence-electron chi connectivity index (χ3n) is 2.89. The van der Waals surface area contributed by atoms with E-state index in [4.69, 9.17) is 0 Å². The van der Waals surface area contributed by atoms with Gasteiger partial charge in [0, 0.05) is 17.3 Å². The van der Waals surface area contributed by atoms with E-state index in [9.17, 15) is 5.11 Å². The number of anilines is 1. The maximum absolute atomic E-state index is 9.23. The second-order valence-electron chi connectivity index (χ2n) is 4.10. The van der Waals surface area contributed by atoms with Crippen molar-refractivity contribution in [2.75, 3.05) is 5.32 Å². The van der Waals surface area contributed by atoms with Crippen molar-refractivity contribution in [2.24, 2.45) is 0 Å². The highest BCUT2D eigenvalue weighted by molar-refractivity contribution is 7.15. The predicted molar refractivity (Wildman–Crippen MR) is 73.2 cm³/mol. The van der Waals surface area contributed by atoms with Crippen molar-refractivity contribution in [2.45, 2.75) is 13.5 Å². The van der Waals surface area contributed by atoms with E-state index < -0.39 is 0 Å². The van der Waals surface area contributed by atoms with Crippen molar-refractivity contribution in [3.63, 3.8) is 0 Å². The van der Waals surface area contributed by atoms with Crippen molar-refractivity contribution < 1.29 is 5.11 Å². The maximum Gasteiger partial charge on any atom is 0.194 e. The number of nitrogens with zero attached hydrogens (tertiary/aromatic N) is 2. The lowest BCUT2D eigenvalue weighted by Gasteiger charge is -2.06. The van der Waals surface area contributed by atoms with Gasteiger partial charge in [-0.1, -0.05) is 0 Å². The number of benzene rings is 1. The summed E-state index contributed by atoms with van der Waals surface area (Å²) in [5, 5.41) is 14.6. The third kappa shape index (κ3) is 1.93. The molecule has 5 heteroatoms. The van der Waals surface area contributed by atoms with E-state index in [1.54, 1.807) is 23.5 Å². The van der Waals surface area contributed by atoms with E-state index in [0.29, 0.717) is 6.54 Å². The van der Waals surface area contributed by atoms with Crippen LogP contribution < -0.4 is 5.32 Å². The smallest absolute Gasteiger partial charge is 0.194 e. The SMILES string of the molecule is Cc1nc2sccn2c1CNc1ccc(O)cc1. The minimum atomic E-state index is 0.279. The second-order valence-corrected chi connectivity index (χ2v) is 4.97. The second kappa shape index (κ2) is 4.34. The van der Waals surface area contributed by atoms with Crippen molar-refractivity contribution in [1.82, 2.24) is 9.38 Å². The van der Waals surface area contributed by atoms with E-state index in [2.05, 4.69) is 14.7 Å². The summed E-state index contributed by atoms with van der Waals surface area (Å²) >= 11 is 1.64. The lowest BCUT2D eigenvalue weighted by molar-refractivity contribution is 0.475. The van der Waals surface area contributed by atoms with Crippen LogP contribution in [0.25, 0.3) is 4.96 Å². The molecule has 0 atom stereocenters. The molecule has 92 valence electrons. The average Bonchev–Trinajstić information content (AvgIpc) is 2.90. The largest absolute Gasteiger partial charge is 0.508 e. The van der Waals surface area contributed by atoms with Crippen LogP contribution in [0.3, 0.4) is 0 Å². The quantitative estimate of drug-likeness (QED) is 0.711. The number of fused-ring (bicyclic) bond motifs is 1. The molecule has 0 aliphatic carbocycles. The Morgan fingerprint density at radius 2 is 2.11 bits per heavy atom. The van der Waals surface area contributed by atoms with Gasteiger partial charge in [0.1, 0.15) is 5.75 Å². The molecular weight excluding hydrogens is 246 g/mol. The molecule has 3 rings (SSSR count). The number of imidazole rings is 1. The Morgan fingerprint density at radius 1 is 1.33 bits per heavy atom. The number of nitrogens with one attached hydrogen (secondary N) is 1. The number of hydrogen-bond acceptors (Lipinski definition) is 4. The summed E-state index contributed by atoms with van der Waals surface area (Å²) in [4.78, 5) is 5.52. The van der Waals surface area contributed by atoms with Crippen LogP contribution in [0.2, 0.25) is 0 Å². The summed E-state index contributed by atoms with van der Waals surface area (Å²) in [6.45, 7) is 2.74. The highest BCUT2D eigenvalue weighted by Gasteiger charge is 2.08. The van der Waals surface area contributed by atoms with Crippen LogP contribution in [0.5, 0.6) is 5.75 Å².